The van der Waals surface area contributed by atoms with Crippen molar-refractivity contribution < 1.29 is 20.1 Å². The van der Waals surface area contributed by atoms with Crippen LogP contribution in [0, 0.1) is 34.5 Å². The average Bonchev–Trinajstić information content (AvgIpc) is 2.87. The summed E-state index contributed by atoms with van der Waals surface area (Å²) in [5.41, 5.74) is -0.230. The monoisotopic (exact) mass is 362 g/mol. The van der Waals surface area contributed by atoms with E-state index in [1.807, 2.05) is 0 Å². The molecule has 8 unspecified atom stereocenters. The number of Topliss-reactive ketones (excluding diaryl/α,β-unsaturated/α-hetero) is 1. The second-order valence-electron chi connectivity index (χ2n) is 10.0. The predicted octanol–water partition coefficient (Wildman–Crippen LogP) is 2.85. The zero-order valence-corrected chi connectivity index (χ0v) is 16.4. The highest BCUT2D eigenvalue weighted by Gasteiger charge is 2.66. The van der Waals surface area contributed by atoms with Crippen molar-refractivity contribution in [2.75, 3.05) is 6.61 Å². The topological polar surface area (TPSA) is 77.8 Å². The normalized spacial score (nSPS) is 53.3. The minimum Gasteiger partial charge on any atom is -0.396 e. The van der Waals surface area contributed by atoms with Crippen LogP contribution in [0.4, 0.5) is 0 Å². The van der Waals surface area contributed by atoms with Gasteiger partial charge in [-0.25, -0.2) is 0 Å². The van der Waals surface area contributed by atoms with Gasteiger partial charge in [-0.2, -0.15) is 0 Å². The Morgan fingerprint density at radius 1 is 1.23 bits per heavy atom. The Bertz CT molecular complexity index is 642. The standard InChI is InChI=1S/C22H34O4/c1-13(24)22(26)9-7-18-17-5-4-14-10-16(25)11-15(12-23)21(14,3)19(17)6-8-20(18,22)2/h4,15-19,23,25-26H,5-12H2,1-3H3. The molecule has 0 aliphatic heterocycles. The number of fused-ring (bicyclic) bond motifs is 5. The van der Waals surface area contributed by atoms with E-state index in [0.29, 0.717) is 30.6 Å². The van der Waals surface area contributed by atoms with Gasteiger partial charge < -0.3 is 15.3 Å². The van der Waals surface area contributed by atoms with Crippen LogP contribution >= 0.6 is 0 Å². The Hall–Kier alpha value is -0.710. The lowest BCUT2D eigenvalue weighted by Crippen LogP contribution is -2.58. The van der Waals surface area contributed by atoms with Gasteiger partial charge in [0.05, 0.1) is 6.10 Å². The Kier molecular flexibility index (Phi) is 4.22. The number of rotatable bonds is 2. The summed E-state index contributed by atoms with van der Waals surface area (Å²) < 4.78 is 0. The Labute approximate surface area is 156 Å². The van der Waals surface area contributed by atoms with Crippen LogP contribution in [0.25, 0.3) is 0 Å². The number of aliphatic hydroxyl groups is 3. The highest BCUT2D eigenvalue weighted by Crippen LogP contribution is 2.68. The fraction of sp³-hybridized carbons (Fsp3) is 0.864. The van der Waals surface area contributed by atoms with Crippen LogP contribution in [0.5, 0.6) is 0 Å². The number of aliphatic hydroxyl groups excluding tert-OH is 2. The van der Waals surface area contributed by atoms with Crippen molar-refractivity contribution in [3.63, 3.8) is 0 Å². The van der Waals surface area contributed by atoms with E-state index in [1.54, 1.807) is 6.92 Å². The van der Waals surface area contributed by atoms with Gasteiger partial charge in [-0.1, -0.05) is 25.5 Å². The van der Waals surface area contributed by atoms with Crippen LogP contribution < -0.4 is 0 Å². The van der Waals surface area contributed by atoms with Crippen molar-refractivity contribution in [3.8, 4) is 0 Å². The molecule has 3 fully saturated rings. The summed E-state index contributed by atoms with van der Waals surface area (Å²) in [6.07, 6.45) is 7.74. The third-order valence-corrected chi connectivity index (χ3v) is 9.35. The van der Waals surface area contributed by atoms with Gasteiger partial charge in [0.15, 0.2) is 5.78 Å². The van der Waals surface area contributed by atoms with E-state index >= 15 is 0 Å². The van der Waals surface area contributed by atoms with Crippen molar-refractivity contribution in [1.82, 2.24) is 0 Å². The summed E-state index contributed by atoms with van der Waals surface area (Å²) in [4.78, 5) is 12.3. The first-order chi connectivity index (χ1) is 12.2. The van der Waals surface area contributed by atoms with Gasteiger partial charge in [-0.05, 0) is 81.0 Å². The lowest BCUT2D eigenvalue weighted by molar-refractivity contribution is -0.161. The summed E-state index contributed by atoms with van der Waals surface area (Å²) in [5, 5.41) is 31.5. The van der Waals surface area contributed by atoms with Gasteiger partial charge in [-0.3, -0.25) is 4.79 Å². The van der Waals surface area contributed by atoms with Gasteiger partial charge in [-0.15, -0.1) is 0 Å². The Balaban J connectivity index is 1.72. The molecule has 4 rings (SSSR count). The molecule has 4 aliphatic carbocycles. The first kappa shape index (κ1) is 18.6. The molecule has 4 nitrogen and oxygen atoms in total. The molecule has 4 aliphatic rings. The highest BCUT2D eigenvalue weighted by atomic mass is 16.3. The minimum absolute atomic E-state index is 0.0604. The van der Waals surface area contributed by atoms with E-state index in [0.717, 1.165) is 32.1 Å². The molecule has 146 valence electrons. The van der Waals surface area contributed by atoms with Gasteiger partial charge in [0, 0.05) is 12.0 Å². The smallest absolute Gasteiger partial charge is 0.161 e. The highest BCUT2D eigenvalue weighted by molar-refractivity contribution is 5.86. The molecule has 3 N–H and O–H groups in total. The number of carbonyl (C=O) groups excluding carboxylic acids is 1. The number of hydrogen-bond acceptors (Lipinski definition) is 4. The van der Waals surface area contributed by atoms with Crippen LogP contribution in [-0.2, 0) is 4.79 Å². The molecular formula is C22H34O4. The maximum absolute atomic E-state index is 12.3. The average molecular weight is 363 g/mol. The maximum Gasteiger partial charge on any atom is 0.161 e. The molecule has 0 aromatic heterocycles. The molecule has 0 amide bonds. The van der Waals surface area contributed by atoms with E-state index in [1.165, 1.54) is 5.57 Å². The molecule has 0 spiro atoms. The van der Waals surface area contributed by atoms with Crippen molar-refractivity contribution >= 4 is 5.78 Å². The number of carbonyl (C=O) groups is 1. The summed E-state index contributed by atoms with van der Waals surface area (Å²) in [6, 6.07) is 0. The van der Waals surface area contributed by atoms with E-state index in [4.69, 9.17) is 0 Å². The van der Waals surface area contributed by atoms with Gasteiger partial charge in [0.2, 0.25) is 0 Å². The fourth-order valence-corrected chi connectivity index (χ4v) is 7.73. The Morgan fingerprint density at radius 3 is 2.58 bits per heavy atom. The summed E-state index contributed by atoms with van der Waals surface area (Å²) in [6.45, 7) is 6.10. The number of ketones is 1. The number of hydrogen-bond donors (Lipinski definition) is 3. The molecule has 4 heteroatoms. The van der Waals surface area contributed by atoms with Gasteiger partial charge in [0.1, 0.15) is 5.60 Å². The summed E-state index contributed by atoms with van der Waals surface area (Å²) >= 11 is 0. The lowest BCUT2D eigenvalue weighted by Gasteiger charge is -2.60. The largest absolute Gasteiger partial charge is 0.396 e. The predicted molar refractivity (Wildman–Crippen MR) is 99.3 cm³/mol. The van der Waals surface area contributed by atoms with Crippen LogP contribution in [0.15, 0.2) is 11.6 Å². The lowest BCUT2D eigenvalue weighted by atomic mass is 9.44. The van der Waals surface area contributed by atoms with Crippen LogP contribution in [0.2, 0.25) is 0 Å². The molecular weight excluding hydrogens is 328 g/mol. The van der Waals surface area contributed by atoms with E-state index in [2.05, 4.69) is 19.9 Å². The molecule has 0 bridgehead atoms. The van der Waals surface area contributed by atoms with Crippen LogP contribution in [0.1, 0.15) is 65.7 Å². The zero-order valence-electron chi connectivity index (χ0n) is 16.4. The zero-order chi connectivity index (χ0) is 18.9. The maximum atomic E-state index is 12.3. The fourth-order valence-electron chi connectivity index (χ4n) is 7.73. The first-order valence-corrected chi connectivity index (χ1v) is 10.4. The third kappa shape index (κ3) is 2.15. The molecule has 8 atom stereocenters. The third-order valence-electron chi connectivity index (χ3n) is 9.35. The Morgan fingerprint density at radius 2 is 1.92 bits per heavy atom. The van der Waals surface area contributed by atoms with E-state index in [-0.39, 0.29) is 35.2 Å². The second-order valence-corrected chi connectivity index (χ2v) is 10.0. The quantitative estimate of drug-likeness (QED) is 0.660. The molecule has 0 aromatic rings. The molecule has 0 heterocycles. The second kappa shape index (κ2) is 5.89. The first-order valence-electron chi connectivity index (χ1n) is 10.4. The minimum atomic E-state index is -1.17. The number of allylic oxidation sites excluding steroid dienone is 1. The molecule has 0 radical (unpaired) electrons. The van der Waals surface area contributed by atoms with Crippen LogP contribution in [-0.4, -0.2) is 39.4 Å². The molecule has 3 saturated carbocycles. The molecule has 0 saturated heterocycles. The van der Waals surface area contributed by atoms with Crippen molar-refractivity contribution in [2.24, 2.45) is 34.5 Å². The van der Waals surface area contributed by atoms with Crippen LogP contribution in [0.3, 0.4) is 0 Å². The van der Waals surface area contributed by atoms with Gasteiger partial charge in [0.25, 0.3) is 0 Å². The van der Waals surface area contributed by atoms with Crippen molar-refractivity contribution in [2.45, 2.75) is 77.4 Å². The van der Waals surface area contributed by atoms with Gasteiger partial charge >= 0.3 is 0 Å². The van der Waals surface area contributed by atoms with Crippen molar-refractivity contribution in [1.29, 1.82) is 0 Å². The summed E-state index contributed by atoms with van der Waals surface area (Å²) in [5.74, 6) is 1.31. The molecule has 26 heavy (non-hydrogen) atoms. The molecule has 0 aromatic carbocycles. The van der Waals surface area contributed by atoms with Crippen molar-refractivity contribution in [3.05, 3.63) is 11.6 Å². The SMILES string of the molecule is CC(=O)C1(O)CCC2C3CC=C4CC(O)CC(CO)C4(C)C3CCC21C. The van der Waals surface area contributed by atoms with E-state index < -0.39 is 5.60 Å². The summed E-state index contributed by atoms with van der Waals surface area (Å²) in [7, 11) is 0. The van der Waals surface area contributed by atoms with E-state index in [9.17, 15) is 20.1 Å².